The second-order valence-electron chi connectivity index (χ2n) is 4.37. The zero-order valence-electron chi connectivity index (χ0n) is 9.65. The van der Waals surface area contributed by atoms with Crippen molar-refractivity contribution in [3.63, 3.8) is 0 Å². The van der Waals surface area contributed by atoms with Gasteiger partial charge in [-0.15, -0.1) is 0 Å². The number of nitrogens with one attached hydrogen (secondary N) is 1. The van der Waals surface area contributed by atoms with Gasteiger partial charge in [-0.05, 0) is 31.9 Å². The van der Waals surface area contributed by atoms with Gasteiger partial charge in [-0.25, -0.2) is 0 Å². The van der Waals surface area contributed by atoms with Crippen LogP contribution in [-0.2, 0) is 0 Å². The first-order valence-corrected chi connectivity index (χ1v) is 5.85. The minimum Gasteiger partial charge on any atom is -0.493 e. The Labute approximate surface area is 96.4 Å². The van der Waals surface area contributed by atoms with E-state index in [1.165, 1.54) is 12.8 Å². The number of aliphatic hydroxyl groups excluding tert-OH is 1. The Morgan fingerprint density at radius 2 is 2.19 bits per heavy atom. The summed E-state index contributed by atoms with van der Waals surface area (Å²) in [5.41, 5.74) is 0.873. The smallest absolute Gasteiger partial charge is 0.125 e. The van der Waals surface area contributed by atoms with Crippen LogP contribution in [0.25, 0.3) is 0 Å². The van der Waals surface area contributed by atoms with Crippen molar-refractivity contribution in [2.75, 3.05) is 20.2 Å². The zero-order chi connectivity index (χ0) is 11.4. The van der Waals surface area contributed by atoms with E-state index in [0.29, 0.717) is 6.54 Å². The van der Waals surface area contributed by atoms with Gasteiger partial charge in [0, 0.05) is 12.1 Å². The highest BCUT2D eigenvalue weighted by Gasteiger charge is 2.22. The summed E-state index contributed by atoms with van der Waals surface area (Å²) in [6, 6.07) is 7.72. The van der Waals surface area contributed by atoms with Crippen LogP contribution >= 0.6 is 0 Å². The summed E-state index contributed by atoms with van der Waals surface area (Å²) >= 11 is 0. The number of para-hydroxylation sites is 1. The molecule has 16 heavy (non-hydrogen) atoms. The van der Waals surface area contributed by atoms with Gasteiger partial charge in [-0.1, -0.05) is 18.2 Å². The van der Waals surface area contributed by atoms with Crippen LogP contribution in [-0.4, -0.2) is 25.3 Å². The molecule has 1 aromatic rings. The number of aliphatic hydroxyl groups is 1. The van der Waals surface area contributed by atoms with Crippen LogP contribution in [0.3, 0.4) is 0 Å². The molecule has 2 N–H and O–H groups in total. The molecule has 0 saturated heterocycles. The summed E-state index contributed by atoms with van der Waals surface area (Å²) in [6.45, 7) is 1.33. The Bertz CT molecular complexity index is 336. The van der Waals surface area contributed by atoms with Crippen molar-refractivity contribution in [1.29, 1.82) is 0 Å². The predicted molar refractivity (Wildman–Crippen MR) is 63.5 cm³/mol. The maximum atomic E-state index is 9.94. The lowest BCUT2D eigenvalue weighted by Gasteiger charge is -2.15. The van der Waals surface area contributed by atoms with Gasteiger partial charge in [0.05, 0.1) is 12.7 Å². The summed E-state index contributed by atoms with van der Waals surface area (Å²) in [5.74, 6) is 1.55. The minimum absolute atomic E-state index is 0.500. The minimum atomic E-state index is -0.500. The molecule has 1 atom stereocenters. The molecule has 88 valence electrons. The molecule has 1 saturated carbocycles. The van der Waals surface area contributed by atoms with Crippen LogP contribution < -0.4 is 10.1 Å². The van der Waals surface area contributed by atoms with Crippen molar-refractivity contribution in [1.82, 2.24) is 5.32 Å². The molecule has 3 nitrogen and oxygen atoms in total. The largest absolute Gasteiger partial charge is 0.493 e. The second-order valence-corrected chi connectivity index (χ2v) is 4.37. The third-order valence-electron chi connectivity index (χ3n) is 2.85. The first-order valence-electron chi connectivity index (χ1n) is 5.85. The van der Waals surface area contributed by atoms with Crippen LogP contribution in [0.2, 0.25) is 0 Å². The standard InChI is InChI=1S/C13H19NO2/c1-14-8-12(15)11-4-2-3-5-13(11)16-9-10-6-7-10/h2-5,10,12,14-15H,6-9H2,1H3. The third-order valence-corrected chi connectivity index (χ3v) is 2.85. The quantitative estimate of drug-likeness (QED) is 0.768. The molecular weight excluding hydrogens is 202 g/mol. The molecule has 0 aromatic heterocycles. The molecular formula is C13H19NO2. The Balaban J connectivity index is 2.02. The van der Waals surface area contributed by atoms with Gasteiger partial charge in [0.2, 0.25) is 0 Å². The van der Waals surface area contributed by atoms with Crippen LogP contribution in [0.15, 0.2) is 24.3 Å². The van der Waals surface area contributed by atoms with E-state index < -0.39 is 6.10 Å². The average Bonchev–Trinajstić information content (AvgIpc) is 3.11. The Kier molecular flexibility index (Phi) is 3.80. The van der Waals surface area contributed by atoms with Crippen LogP contribution in [0, 0.1) is 5.92 Å². The predicted octanol–water partition coefficient (Wildman–Crippen LogP) is 1.73. The van der Waals surface area contributed by atoms with Gasteiger partial charge in [0.25, 0.3) is 0 Å². The molecule has 2 rings (SSSR count). The molecule has 3 heteroatoms. The molecule has 0 heterocycles. The average molecular weight is 221 g/mol. The Hall–Kier alpha value is -1.06. The highest BCUT2D eigenvalue weighted by molar-refractivity contribution is 5.35. The van der Waals surface area contributed by atoms with E-state index in [4.69, 9.17) is 4.74 Å². The van der Waals surface area contributed by atoms with E-state index in [1.807, 2.05) is 31.3 Å². The normalized spacial score (nSPS) is 17.1. The van der Waals surface area contributed by atoms with Gasteiger partial charge < -0.3 is 15.2 Å². The van der Waals surface area contributed by atoms with Crippen molar-refractivity contribution >= 4 is 0 Å². The summed E-state index contributed by atoms with van der Waals surface area (Å²) < 4.78 is 5.74. The third kappa shape index (κ3) is 2.97. The number of likely N-dealkylation sites (N-methyl/N-ethyl adjacent to an activating group) is 1. The zero-order valence-corrected chi connectivity index (χ0v) is 9.65. The van der Waals surface area contributed by atoms with E-state index in [9.17, 15) is 5.11 Å². The number of hydrogen-bond acceptors (Lipinski definition) is 3. The number of rotatable bonds is 6. The maximum absolute atomic E-state index is 9.94. The molecule has 0 amide bonds. The fraction of sp³-hybridized carbons (Fsp3) is 0.538. The molecule has 1 aliphatic rings. The lowest BCUT2D eigenvalue weighted by Crippen LogP contribution is -2.17. The molecule has 1 fully saturated rings. The second kappa shape index (κ2) is 5.32. The van der Waals surface area contributed by atoms with Crippen molar-refractivity contribution < 1.29 is 9.84 Å². The molecule has 1 aliphatic carbocycles. The van der Waals surface area contributed by atoms with Crippen molar-refractivity contribution in [2.24, 2.45) is 5.92 Å². The fourth-order valence-electron chi connectivity index (χ4n) is 1.68. The van der Waals surface area contributed by atoms with E-state index in [2.05, 4.69) is 5.32 Å². The summed E-state index contributed by atoms with van der Waals surface area (Å²) in [7, 11) is 1.83. The van der Waals surface area contributed by atoms with E-state index in [1.54, 1.807) is 0 Å². The summed E-state index contributed by atoms with van der Waals surface area (Å²) in [5, 5.41) is 12.9. The first kappa shape index (κ1) is 11.4. The Morgan fingerprint density at radius 3 is 2.88 bits per heavy atom. The highest BCUT2D eigenvalue weighted by Crippen LogP contribution is 2.31. The van der Waals surface area contributed by atoms with E-state index in [0.717, 1.165) is 23.8 Å². The SMILES string of the molecule is CNCC(O)c1ccccc1OCC1CC1. The van der Waals surface area contributed by atoms with Crippen molar-refractivity contribution in [2.45, 2.75) is 18.9 Å². The molecule has 1 unspecified atom stereocenters. The van der Waals surface area contributed by atoms with Gasteiger partial charge in [-0.2, -0.15) is 0 Å². The van der Waals surface area contributed by atoms with Crippen molar-refractivity contribution in [3.05, 3.63) is 29.8 Å². The molecule has 0 bridgehead atoms. The topological polar surface area (TPSA) is 41.5 Å². The number of ether oxygens (including phenoxy) is 1. The van der Waals surface area contributed by atoms with Gasteiger partial charge >= 0.3 is 0 Å². The maximum Gasteiger partial charge on any atom is 0.125 e. The van der Waals surface area contributed by atoms with E-state index in [-0.39, 0.29) is 0 Å². The van der Waals surface area contributed by atoms with Gasteiger partial charge in [0.15, 0.2) is 0 Å². The van der Waals surface area contributed by atoms with Crippen LogP contribution in [0.4, 0.5) is 0 Å². The first-order chi connectivity index (χ1) is 7.81. The summed E-state index contributed by atoms with van der Waals surface area (Å²) in [6.07, 6.45) is 2.06. The van der Waals surface area contributed by atoms with Crippen LogP contribution in [0.5, 0.6) is 5.75 Å². The molecule has 0 aliphatic heterocycles. The molecule has 0 spiro atoms. The molecule has 1 aromatic carbocycles. The Morgan fingerprint density at radius 1 is 1.44 bits per heavy atom. The lowest BCUT2D eigenvalue weighted by atomic mass is 10.1. The van der Waals surface area contributed by atoms with Crippen LogP contribution in [0.1, 0.15) is 24.5 Å². The fourth-order valence-corrected chi connectivity index (χ4v) is 1.68. The monoisotopic (exact) mass is 221 g/mol. The number of benzene rings is 1. The number of hydrogen-bond donors (Lipinski definition) is 2. The van der Waals surface area contributed by atoms with Gasteiger partial charge in [-0.3, -0.25) is 0 Å². The lowest BCUT2D eigenvalue weighted by molar-refractivity contribution is 0.170. The van der Waals surface area contributed by atoms with Gasteiger partial charge in [0.1, 0.15) is 5.75 Å². The molecule has 0 radical (unpaired) electrons. The highest BCUT2D eigenvalue weighted by atomic mass is 16.5. The van der Waals surface area contributed by atoms with E-state index >= 15 is 0 Å². The summed E-state index contributed by atoms with van der Waals surface area (Å²) in [4.78, 5) is 0. The van der Waals surface area contributed by atoms with Crippen molar-refractivity contribution in [3.8, 4) is 5.75 Å².